The van der Waals surface area contributed by atoms with E-state index in [-0.39, 0.29) is 18.2 Å². The molecule has 1 aliphatic rings. The molecule has 0 spiro atoms. The van der Waals surface area contributed by atoms with Gasteiger partial charge in [-0.05, 0) is 42.9 Å². The summed E-state index contributed by atoms with van der Waals surface area (Å²) in [5.74, 6) is 0.624. The van der Waals surface area contributed by atoms with Gasteiger partial charge in [-0.15, -0.1) is 12.4 Å². The second-order valence-electron chi connectivity index (χ2n) is 7.53. The number of likely N-dealkylation sites (N-methyl/N-ethyl adjacent to an activating group) is 1. The highest BCUT2D eigenvalue weighted by molar-refractivity contribution is 5.85. The van der Waals surface area contributed by atoms with Gasteiger partial charge in [0.2, 0.25) is 0 Å². The summed E-state index contributed by atoms with van der Waals surface area (Å²) < 4.78 is 1.74. The van der Waals surface area contributed by atoms with Gasteiger partial charge in [-0.3, -0.25) is 4.68 Å². The van der Waals surface area contributed by atoms with Crippen LogP contribution in [0.5, 0.6) is 5.75 Å². The van der Waals surface area contributed by atoms with E-state index in [1.165, 1.54) is 0 Å². The van der Waals surface area contributed by atoms with Gasteiger partial charge in [-0.1, -0.05) is 13.0 Å². The number of pyridine rings is 1. The molecule has 1 saturated heterocycles. The Labute approximate surface area is 180 Å². The first kappa shape index (κ1) is 20.3. The molecular weight excluding hydrogens is 400 g/mol. The molecule has 30 heavy (non-hydrogen) atoms. The summed E-state index contributed by atoms with van der Waals surface area (Å²) in [6.07, 6.45) is 1.88. The van der Waals surface area contributed by atoms with Crippen molar-refractivity contribution in [3.8, 4) is 28.3 Å². The number of rotatable bonds is 4. The van der Waals surface area contributed by atoms with E-state index in [2.05, 4.69) is 32.1 Å². The van der Waals surface area contributed by atoms with Crippen LogP contribution in [0.1, 0.15) is 18.5 Å². The number of hydrogen-bond acceptors (Lipinski definition) is 6. The summed E-state index contributed by atoms with van der Waals surface area (Å²) in [5, 5.41) is 23.7. The third-order valence-corrected chi connectivity index (χ3v) is 5.55. The topological polar surface area (TPSA) is 80.0 Å². The molecule has 4 heterocycles. The molecule has 1 aliphatic heterocycles. The Morgan fingerprint density at radius 2 is 1.80 bits per heavy atom. The van der Waals surface area contributed by atoms with E-state index in [0.717, 1.165) is 47.6 Å². The summed E-state index contributed by atoms with van der Waals surface area (Å²) >= 11 is 0. The lowest BCUT2D eigenvalue weighted by atomic mass is 9.96. The highest BCUT2D eigenvalue weighted by Gasteiger charge is 2.28. The van der Waals surface area contributed by atoms with E-state index in [1.54, 1.807) is 10.7 Å². The predicted molar refractivity (Wildman–Crippen MR) is 119 cm³/mol. The average Bonchev–Trinajstić information content (AvgIpc) is 3.07. The van der Waals surface area contributed by atoms with Gasteiger partial charge in [0.15, 0.2) is 0 Å². The molecule has 1 fully saturated rings. The molecule has 0 saturated carbocycles. The molecule has 0 unspecified atom stereocenters. The zero-order valence-electron chi connectivity index (χ0n) is 16.9. The monoisotopic (exact) mass is 422 g/mol. The number of phenolic OH excluding ortho intramolecular Hbond substituents is 1. The molecule has 5 rings (SSSR count). The van der Waals surface area contributed by atoms with Crippen molar-refractivity contribution in [2.45, 2.75) is 12.8 Å². The minimum Gasteiger partial charge on any atom is -0.507 e. The quantitative estimate of drug-likeness (QED) is 0.540. The molecule has 0 aliphatic carbocycles. The van der Waals surface area contributed by atoms with Gasteiger partial charge in [0.25, 0.3) is 0 Å². The fourth-order valence-electron chi connectivity index (χ4n) is 3.81. The molecule has 4 aromatic rings. The van der Waals surface area contributed by atoms with E-state index in [0.29, 0.717) is 17.2 Å². The third kappa shape index (κ3) is 3.62. The van der Waals surface area contributed by atoms with E-state index in [4.69, 9.17) is 0 Å². The average molecular weight is 423 g/mol. The number of nitrogens with zero attached hydrogens (tertiary/aromatic N) is 6. The lowest BCUT2D eigenvalue weighted by Gasteiger charge is -2.37. The Balaban J connectivity index is 0.00000218. The van der Waals surface area contributed by atoms with Crippen LogP contribution in [0.3, 0.4) is 0 Å². The lowest BCUT2D eigenvalue weighted by molar-refractivity contribution is 0.154. The van der Waals surface area contributed by atoms with Crippen molar-refractivity contribution < 1.29 is 5.11 Å². The number of phenols is 1. The van der Waals surface area contributed by atoms with Crippen LogP contribution in [0.2, 0.25) is 0 Å². The maximum absolute atomic E-state index is 10.6. The van der Waals surface area contributed by atoms with Crippen molar-refractivity contribution in [1.29, 1.82) is 0 Å². The molecule has 1 aromatic carbocycles. The molecule has 8 heteroatoms. The number of likely N-dealkylation sites (tertiary alicyclic amines) is 1. The van der Waals surface area contributed by atoms with Crippen LogP contribution in [0.4, 0.5) is 0 Å². The predicted octanol–water partition coefficient (Wildman–Crippen LogP) is 3.64. The molecule has 0 radical (unpaired) electrons. The normalized spacial score (nSPS) is 14.5. The molecule has 0 atom stereocenters. The Hall–Kier alpha value is -3.03. The molecule has 0 amide bonds. The van der Waals surface area contributed by atoms with Crippen LogP contribution in [0.15, 0.2) is 48.7 Å². The van der Waals surface area contributed by atoms with Crippen molar-refractivity contribution in [3.05, 3.63) is 54.4 Å². The smallest absolute Gasteiger partial charge is 0.125 e. The maximum atomic E-state index is 10.6. The van der Waals surface area contributed by atoms with E-state index in [9.17, 15) is 5.11 Å². The summed E-state index contributed by atoms with van der Waals surface area (Å²) in [5.41, 5.74) is 5.66. The first-order valence-electron chi connectivity index (χ1n) is 9.81. The zero-order chi connectivity index (χ0) is 20.0. The zero-order valence-corrected chi connectivity index (χ0v) is 17.7. The number of aromatic hydroxyl groups is 1. The molecular formula is C22H23ClN6O. The van der Waals surface area contributed by atoms with E-state index >= 15 is 0 Å². The number of fused-ring (bicyclic) bond motifs is 1. The van der Waals surface area contributed by atoms with Crippen molar-refractivity contribution in [2.75, 3.05) is 19.6 Å². The second-order valence-corrected chi connectivity index (χ2v) is 7.53. The second kappa shape index (κ2) is 8.01. The fourth-order valence-corrected chi connectivity index (χ4v) is 3.81. The van der Waals surface area contributed by atoms with Gasteiger partial charge in [-0.2, -0.15) is 15.3 Å². The Morgan fingerprint density at radius 3 is 2.50 bits per heavy atom. The van der Waals surface area contributed by atoms with Gasteiger partial charge in [0, 0.05) is 37.2 Å². The van der Waals surface area contributed by atoms with Crippen LogP contribution in [0.25, 0.3) is 33.5 Å². The lowest BCUT2D eigenvalue weighted by Crippen LogP contribution is -2.44. The van der Waals surface area contributed by atoms with E-state index < -0.39 is 0 Å². The van der Waals surface area contributed by atoms with Crippen LogP contribution in [-0.2, 0) is 7.05 Å². The molecule has 7 nitrogen and oxygen atoms in total. The number of aromatic nitrogens is 5. The first-order valence-corrected chi connectivity index (χ1v) is 9.81. The molecule has 0 bridgehead atoms. The number of halogens is 1. The standard InChI is InChI=1S/C22H22N6O.ClH/c1-3-28-11-15(12-28)18-7-8-19(25-24-18)16-5-4-14(10-22(16)29)17-6-9-20-21(23-17)13-27(2)26-20;/h4-10,13,15,29H,3,11-12H2,1-2H3;1H. The summed E-state index contributed by atoms with van der Waals surface area (Å²) in [4.78, 5) is 7.02. The van der Waals surface area contributed by atoms with Gasteiger partial charge in [0.05, 0.1) is 23.3 Å². The largest absolute Gasteiger partial charge is 0.507 e. The number of hydrogen-bond donors (Lipinski definition) is 1. The van der Waals surface area contributed by atoms with Crippen molar-refractivity contribution in [1.82, 2.24) is 29.9 Å². The SMILES string of the molecule is CCN1CC(c2ccc(-c3ccc(-c4ccc5nn(C)cc5n4)cc3O)nn2)C1.Cl. The Morgan fingerprint density at radius 1 is 1.00 bits per heavy atom. The number of aryl methyl sites for hydroxylation is 1. The van der Waals surface area contributed by atoms with Crippen LogP contribution in [-0.4, -0.2) is 54.6 Å². The highest BCUT2D eigenvalue weighted by Crippen LogP contribution is 2.33. The maximum Gasteiger partial charge on any atom is 0.125 e. The Bertz CT molecular complexity index is 1180. The van der Waals surface area contributed by atoms with Gasteiger partial charge in [-0.25, -0.2) is 4.98 Å². The van der Waals surface area contributed by atoms with Gasteiger partial charge >= 0.3 is 0 Å². The van der Waals surface area contributed by atoms with Crippen molar-refractivity contribution >= 4 is 23.4 Å². The summed E-state index contributed by atoms with van der Waals surface area (Å²) in [7, 11) is 1.87. The Kier molecular flexibility index (Phi) is 5.40. The highest BCUT2D eigenvalue weighted by atomic mass is 35.5. The first-order chi connectivity index (χ1) is 14.1. The van der Waals surface area contributed by atoms with Crippen molar-refractivity contribution in [3.63, 3.8) is 0 Å². The summed E-state index contributed by atoms with van der Waals surface area (Å²) in [6.45, 7) is 5.32. The van der Waals surface area contributed by atoms with Gasteiger partial charge in [0.1, 0.15) is 16.8 Å². The van der Waals surface area contributed by atoms with Gasteiger partial charge < -0.3 is 10.0 Å². The number of benzene rings is 1. The van der Waals surface area contributed by atoms with Crippen LogP contribution in [0, 0.1) is 0 Å². The summed E-state index contributed by atoms with van der Waals surface area (Å²) in [6, 6.07) is 13.3. The minimum absolute atomic E-state index is 0. The third-order valence-electron chi connectivity index (χ3n) is 5.55. The molecule has 154 valence electrons. The molecule has 1 N–H and O–H groups in total. The van der Waals surface area contributed by atoms with Crippen molar-refractivity contribution in [2.24, 2.45) is 7.05 Å². The minimum atomic E-state index is 0. The van der Waals surface area contributed by atoms with E-state index in [1.807, 2.05) is 49.6 Å². The fraction of sp³-hybridized carbons (Fsp3) is 0.273. The molecule has 3 aromatic heterocycles. The van der Waals surface area contributed by atoms with Crippen LogP contribution >= 0.6 is 12.4 Å². The van der Waals surface area contributed by atoms with Crippen LogP contribution < -0.4 is 0 Å².